The van der Waals surface area contributed by atoms with Crippen molar-refractivity contribution in [2.24, 2.45) is 22.2 Å². The molecule has 6 nitrogen and oxygen atoms in total. The van der Waals surface area contributed by atoms with Crippen LogP contribution >= 0.6 is 0 Å². The summed E-state index contributed by atoms with van der Waals surface area (Å²) in [7, 11) is 0. The van der Waals surface area contributed by atoms with E-state index in [0.717, 1.165) is 25.7 Å². The van der Waals surface area contributed by atoms with E-state index in [9.17, 15) is 19.8 Å². The molecule has 1 fully saturated rings. The SMILES string of the molecule is CC(C)(C)CC(C)(C(=O)OCC(O)CNC(CC1CCCCC1)C(=O)O)C(C)(C)C. The van der Waals surface area contributed by atoms with Crippen molar-refractivity contribution >= 4 is 11.9 Å². The number of rotatable bonds is 10. The van der Waals surface area contributed by atoms with E-state index < -0.39 is 23.5 Å². The van der Waals surface area contributed by atoms with E-state index in [1.807, 2.05) is 27.7 Å². The molecule has 0 amide bonds. The minimum atomic E-state index is -0.944. The maximum atomic E-state index is 13.0. The number of nitrogens with one attached hydrogen (secondary N) is 1. The Hall–Kier alpha value is -1.14. The number of carbonyl (C=O) groups is 2. The van der Waals surface area contributed by atoms with Crippen molar-refractivity contribution in [3.8, 4) is 0 Å². The zero-order valence-electron chi connectivity index (χ0n) is 20.2. The Morgan fingerprint density at radius 1 is 1.03 bits per heavy atom. The predicted molar refractivity (Wildman–Crippen MR) is 119 cm³/mol. The van der Waals surface area contributed by atoms with Crippen molar-refractivity contribution < 1.29 is 24.5 Å². The molecule has 1 aliphatic rings. The average Bonchev–Trinajstić information content (AvgIpc) is 2.61. The average molecular weight is 428 g/mol. The molecule has 3 N–H and O–H groups in total. The minimum Gasteiger partial charge on any atom is -0.480 e. The Kier molecular flexibility index (Phi) is 9.81. The number of hydrogen-bond acceptors (Lipinski definition) is 5. The maximum Gasteiger partial charge on any atom is 0.320 e. The first-order chi connectivity index (χ1) is 13.7. The summed E-state index contributed by atoms with van der Waals surface area (Å²) < 4.78 is 5.51. The van der Waals surface area contributed by atoms with Crippen molar-refractivity contribution in [3.05, 3.63) is 0 Å². The topological polar surface area (TPSA) is 95.9 Å². The molecule has 0 saturated heterocycles. The Labute approximate surface area is 183 Å². The van der Waals surface area contributed by atoms with Gasteiger partial charge in [0.25, 0.3) is 0 Å². The monoisotopic (exact) mass is 427 g/mol. The minimum absolute atomic E-state index is 0.0466. The first-order valence-electron chi connectivity index (χ1n) is 11.5. The molecule has 0 heterocycles. The highest BCUT2D eigenvalue weighted by molar-refractivity contribution is 5.77. The fourth-order valence-corrected chi connectivity index (χ4v) is 4.40. The van der Waals surface area contributed by atoms with Gasteiger partial charge in [-0.2, -0.15) is 0 Å². The molecule has 1 saturated carbocycles. The molecule has 176 valence electrons. The van der Waals surface area contributed by atoms with Crippen molar-refractivity contribution in [1.29, 1.82) is 0 Å². The number of aliphatic hydroxyl groups excluding tert-OH is 1. The van der Waals surface area contributed by atoms with Crippen molar-refractivity contribution in [2.75, 3.05) is 13.2 Å². The van der Waals surface area contributed by atoms with Crippen molar-refractivity contribution in [2.45, 2.75) is 106 Å². The Bertz CT molecular complexity index is 557. The lowest BCUT2D eigenvalue weighted by Crippen LogP contribution is -2.46. The van der Waals surface area contributed by atoms with E-state index in [2.05, 4.69) is 26.1 Å². The highest BCUT2D eigenvalue weighted by atomic mass is 16.5. The molecule has 0 aromatic rings. The van der Waals surface area contributed by atoms with Crippen LogP contribution in [0.2, 0.25) is 0 Å². The lowest BCUT2D eigenvalue weighted by Gasteiger charge is -2.43. The molecule has 30 heavy (non-hydrogen) atoms. The second-order valence-corrected chi connectivity index (χ2v) is 11.6. The number of hydrogen-bond donors (Lipinski definition) is 3. The summed E-state index contributed by atoms with van der Waals surface area (Å²) in [5, 5.41) is 22.8. The number of aliphatic carboxylic acids is 1. The Balaban J connectivity index is 2.59. The lowest BCUT2D eigenvalue weighted by molar-refractivity contribution is -0.167. The fraction of sp³-hybridized carbons (Fsp3) is 0.917. The quantitative estimate of drug-likeness (QED) is 0.448. The first kappa shape index (κ1) is 26.9. The van der Waals surface area contributed by atoms with Crippen LogP contribution in [0.1, 0.15) is 93.4 Å². The summed E-state index contributed by atoms with van der Waals surface area (Å²) in [6, 6.07) is -0.681. The number of aliphatic hydroxyl groups is 1. The highest BCUT2D eigenvalue weighted by Crippen LogP contribution is 2.47. The number of ether oxygens (including phenoxy) is 1. The smallest absolute Gasteiger partial charge is 0.320 e. The van der Waals surface area contributed by atoms with E-state index in [0.29, 0.717) is 18.8 Å². The van der Waals surface area contributed by atoms with Crippen molar-refractivity contribution in [3.63, 3.8) is 0 Å². The summed E-state index contributed by atoms with van der Waals surface area (Å²) in [5.74, 6) is -0.788. The van der Waals surface area contributed by atoms with Gasteiger partial charge in [-0.25, -0.2) is 0 Å². The van der Waals surface area contributed by atoms with Gasteiger partial charge >= 0.3 is 11.9 Å². The molecule has 1 aliphatic carbocycles. The van der Waals surface area contributed by atoms with Gasteiger partial charge in [0.15, 0.2) is 0 Å². The van der Waals surface area contributed by atoms with Crippen LogP contribution in [-0.4, -0.2) is 47.4 Å². The molecule has 0 radical (unpaired) electrons. The zero-order valence-corrected chi connectivity index (χ0v) is 20.2. The van der Waals surface area contributed by atoms with Gasteiger partial charge in [0.1, 0.15) is 18.8 Å². The van der Waals surface area contributed by atoms with Crippen LogP contribution in [0.4, 0.5) is 0 Å². The molecule has 6 heteroatoms. The predicted octanol–water partition coefficient (Wildman–Crippen LogP) is 4.39. The van der Waals surface area contributed by atoms with Crippen LogP contribution in [0.15, 0.2) is 0 Å². The summed E-state index contributed by atoms with van der Waals surface area (Å²) in [6.07, 6.45) is 6.01. The van der Waals surface area contributed by atoms with Crippen LogP contribution in [0.5, 0.6) is 0 Å². The highest BCUT2D eigenvalue weighted by Gasteiger charge is 2.47. The van der Waals surface area contributed by atoms with E-state index in [1.165, 1.54) is 6.42 Å². The zero-order chi connectivity index (χ0) is 23.2. The summed E-state index contributed by atoms with van der Waals surface area (Å²) in [6.45, 7) is 14.3. The van der Waals surface area contributed by atoms with Gasteiger partial charge in [-0.3, -0.25) is 9.59 Å². The normalized spacial score (nSPS) is 20.3. The first-order valence-corrected chi connectivity index (χ1v) is 11.5. The molecular formula is C24H45NO5. The van der Waals surface area contributed by atoms with E-state index >= 15 is 0 Å². The van der Waals surface area contributed by atoms with Gasteiger partial charge in [0.05, 0.1) is 5.41 Å². The maximum absolute atomic E-state index is 13.0. The molecule has 3 atom stereocenters. The van der Waals surface area contributed by atoms with E-state index in [-0.39, 0.29) is 30.0 Å². The standard InChI is InChI=1S/C24H45NO5/c1-22(2,3)16-24(7,23(4,5)6)21(29)30-15-18(26)14-25-19(20(27)28)13-17-11-9-8-10-12-17/h17-19,25-26H,8-16H2,1-7H3,(H,27,28). The van der Waals surface area contributed by atoms with Crippen LogP contribution in [0, 0.1) is 22.2 Å². The third kappa shape index (κ3) is 8.54. The van der Waals surface area contributed by atoms with Crippen LogP contribution < -0.4 is 5.32 Å². The Morgan fingerprint density at radius 3 is 2.07 bits per heavy atom. The number of carboxylic acids is 1. The number of esters is 1. The summed E-state index contributed by atoms with van der Waals surface area (Å²) in [5.41, 5.74) is -1.03. The third-order valence-corrected chi connectivity index (χ3v) is 6.59. The second-order valence-electron chi connectivity index (χ2n) is 11.6. The van der Waals surface area contributed by atoms with Crippen LogP contribution in [-0.2, 0) is 14.3 Å². The van der Waals surface area contributed by atoms with Gasteiger partial charge < -0.3 is 20.3 Å². The molecule has 3 unspecified atom stereocenters. The van der Waals surface area contributed by atoms with Crippen LogP contribution in [0.3, 0.4) is 0 Å². The van der Waals surface area contributed by atoms with E-state index in [1.54, 1.807) is 0 Å². The second kappa shape index (κ2) is 10.9. The largest absolute Gasteiger partial charge is 0.480 e. The van der Waals surface area contributed by atoms with E-state index in [4.69, 9.17) is 4.74 Å². The lowest BCUT2D eigenvalue weighted by atomic mass is 9.61. The molecule has 1 rings (SSSR count). The van der Waals surface area contributed by atoms with Gasteiger partial charge in [-0.15, -0.1) is 0 Å². The molecule has 0 spiro atoms. The third-order valence-electron chi connectivity index (χ3n) is 6.59. The number of carboxylic acid groups (broad SMARTS) is 1. The summed E-state index contributed by atoms with van der Waals surface area (Å²) in [4.78, 5) is 24.6. The molecule has 0 aliphatic heterocycles. The fourth-order valence-electron chi connectivity index (χ4n) is 4.40. The molecule has 0 bridgehead atoms. The molecule has 0 aromatic heterocycles. The molecular weight excluding hydrogens is 382 g/mol. The van der Waals surface area contributed by atoms with Crippen LogP contribution in [0.25, 0.3) is 0 Å². The summed E-state index contributed by atoms with van der Waals surface area (Å²) >= 11 is 0. The Morgan fingerprint density at radius 2 is 1.60 bits per heavy atom. The van der Waals surface area contributed by atoms with Gasteiger partial charge in [-0.1, -0.05) is 73.6 Å². The van der Waals surface area contributed by atoms with Gasteiger partial charge in [0, 0.05) is 6.54 Å². The molecule has 0 aromatic carbocycles. The number of carbonyl (C=O) groups excluding carboxylic acids is 1. The van der Waals surface area contributed by atoms with Gasteiger partial charge in [-0.05, 0) is 36.5 Å². The van der Waals surface area contributed by atoms with Crippen molar-refractivity contribution in [1.82, 2.24) is 5.32 Å². The van der Waals surface area contributed by atoms with Gasteiger partial charge in [0.2, 0.25) is 0 Å².